The zero-order valence-corrected chi connectivity index (χ0v) is 10.3. The van der Waals surface area contributed by atoms with Gasteiger partial charge in [-0.05, 0) is 18.2 Å². The molecule has 1 rings (SSSR count). The molecule has 18 heavy (non-hydrogen) atoms. The van der Waals surface area contributed by atoms with Crippen LogP contribution in [-0.4, -0.2) is 20.0 Å². The van der Waals surface area contributed by atoms with Crippen LogP contribution in [-0.2, 0) is 0 Å². The molecule has 4 nitrogen and oxygen atoms in total. The fourth-order valence-electron chi connectivity index (χ4n) is 1.33. The van der Waals surface area contributed by atoms with E-state index in [1.54, 1.807) is 0 Å². The highest BCUT2D eigenvalue weighted by Gasteiger charge is 2.31. The van der Waals surface area contributed by atoms with Crippen LogP contribution in [0.15, 0.2) is 18.2 Å². The first-order chi connectivity index (χ1) is 7.87. The Balaban J connectivity index is 0.00000289. The Labute approximate surface area is 108 Å². The van der Waals surface area contributed by atoms with E-state index in [0.29, 0.717) is 11.3 Å². The van der Waals surface area contributed by atoms with Crippen LogP contribution in [0, 0.1) is 0 Å². The zero-order valence-electron chi connectivity index (χ0n) is 9.53. The van der Waals surface area contributed by atoms with Gasteiger partial charge in [0.15, 0.2) is 0 Å². The molecule has 0 saturated carbocycles. The molecule has 0 saturated heterocycles. The van der Waals surface area contributed by atoms with Gasteiger partial charge in [0.1, 0.15) is 11.5 Å². The number of hydrogen-bond donors (Lipinski definition) is 2. The maximum Gasteiger partial charge on any atom is 0.573 e. The predicted molar refractivity (Wildman–Crippen MR) is 62.9 cm³/mol. The summed E-state index contributed by atoms with van der Waals surface area (Å²) in [6.45, 7) is 0.0891. The normalized spacial score (nSPS) is 12.6. The van der Waals surface area contributed by atoms with E-state index in [1.165, 1.54) is 19.2 Å². The van der Waals surface area contributed by atoms with Crippen LogP contribution in [0.2, 0.25) is 0 Å². The molecule has 0 heterocycles. The summed E-state index contributed by atoms with van der Waals surface area (Å²) in [6.07, 6.45) is -4.74. The Morgan fingerprint density at radius 3 is 2.39 bits per heavy atom. The molecular formula is C10H14ClF3N2O2. The maximum absolute atomic E-state index is 12.0. The van der Waals surface area contributed by atoms with Crippen LogP contribution in [0.4, 0.5) is 13.2 Å². The third-order valence-corrected chi connectivity index (χ3v) is 2.09. The molecule has 1 atom stereocenters. The third-order valence-electron chi connectivity index (χ3n) is 2.09. The van der Waals surface area contributed by atoms with Gasteiger partial charge in [-0.1, -0.05) is 0 Å². The van der Waals surface area contributed by atoms with Gasteiger partial charge in [0.25, 0.3) is 0 Å². The van der Waals surface area contributed by atoms with Gasteiger partial charge in [-0.2, -0.15) is 0 Å². The molecular weight excluding hydrogens is 273 g/mol. The van der Waals surface area contributed by atoms with Crippen molar-refractivity contribution in [3.8, 4) is 11.5 Å². The summed E-state index contributed by atoms with van der Waals surface area (Å²) in [4.78, 5) is 0. The van der Waals surface area contributed by atoms with E-state index in [0.717, 1.165) is 6.07 Å². The first kappa shape index (κ1) is 16.8. The molecule has 104 valence electrons. The molecule has 0 aliphatic carbocycles. The second-order valence-corrected chi connectivity index (χ2v) is 3.29. The molecule has 0 aromatic heterocycles. The van der Waals surface area contributed by atoms with Crippen molar-refractivity contribution in [3.63, 3.8) is 0 Å². The Morgan fingerprint density at radius 2 is 1.94 bits per heavy atom. The van der Waals surface area contributed by atoms with Crippen molar-refractivity contribution in [2.45, 2.75) is 12.4 Å². The fourth-order valence-corrected chi connectivity index (χ4v) is 1.33. The molecule has 0 bridgehead atoms. The first-order valence-corrected chi connectivity index (χ1v) is 4.76. The van der Waals surface area contributed by atoms with Crippen molar-refractivity contribution in [2.24, 2.45) is 11.5 Å². The van der Waals surface area contributed by atoms with E-state index in [1.807, 2.05) is 0 Å². The summed E-state index contributed by atoms with van der Waals surface area (Å²) in [5, 5.41) is 0. The minimum atomic E-state index is -4.74. The molecule has 4 N–H and O–H groups in total. The fraction of sp³-hybridized carbons (Fsp3) is 0.400. The van der Waals surface area contributed by atoms with E-state index in [4.69, 9.17) is 16.2 Å². The molecule has 1 aromatic rings. The van der Waals surface area contributed by atoms with Gasteiger partial charge in [0, 0.05) is 18.2 Å². The van der Waals surface area contributed by atoms with Gasteiger partial charge in [0.05, 0.1) is 7.11 Å². The number of rotatable bonds is 4. The van der Waals surface area contributed by atoms with Crippen molar-refractivity contribution < 1.29 is 22.6 Å². The Morgan fingerprint density at radius 1 is 1.33 bits per heavy atom. The van der Waals surface area contributed by atoms with Crippen LogP contribution in [0.3, 0.4) is 0 Å². The first-order valence-electron chi connectivity index (χ1n) is 4.76. The molecule has 0 aliphatic heterocycles. The minimum Gasteiger partial charge on any atom is -0.496 e. The SMILES string of the molecule is COc1ccc(OC(F)(F)F)cc1[C@H](N)CN.Cl. The maximum atomic E-state index is 12.0. The van der Waals surface area contributed by atoms with Crippen molar-refractivity contribution >= 4 is 12.4 Å². The summed E-state index contributed by atoms with van der Waals surface area (Å²) in [5.74, 6) is 0.0228. The molecule has 0 spiro atoms. The van der Waals surface area contributed by atoms with E-state index in [9.17, 15) is 13.2 Å². The van der Waals surface area contributed by atoms with Gasteiger partial charge in [-0.15, -0.1) is 25.6 Å². The zero-order chi connectivity index (χ0) is 13.1. The highest BCUT2D eigenvalue weighted by Crippen LogP contribution is 2.30. The molecule has 0 fully saturated rings. The number of benzene rings is 1. The number of ether oxygens (including phenoxy) is 2. The lowest BCUT2D eigenvalue weighted by molar-refractivity contribution is -0.274. The lowest BCUT2D eigenvalue weighted by atomic mass is 10.1. The van der Waals surface area contributed by atoms with Crippen LogP contribution >= 0.6 is 12.4 Å². The smallest absolute Gasteiger partial charge is 0.496 e. The quantitative estimate of drug-likeness (QED) is 0.888. The molecule has 1 aromatic carbocycles. The molecule has 0 amide bonds. The molecule has 8 heteroatoms. The van der Waals surface area contributed by atoms with Gasteiger partial charge in [-0.3, -0.25) is 0 Å². The number of halogens is 4. The Kier molecular flexibility index (Phi) is 6.23. The summed E-state index contributed by atoms with van der Waals surface area (Å²) in [7, 11) is 1.40. The van der Waals surface area contributed by atoms with Crippen LogP contribution in [0.5, 0.6) is 11.5 Å². The lowest BCUT2D eigenvalue weighted by Gasteiger charge is -2.16. The molecule has 0 unspecified atom stereocenters. The van der Waals surface area contributed by atoms with Gasteiger partial charge in [0.2, 0.25) is 0 Å². The van der Waals surface area contributed by atoms with E-state index in [2.05, 4.69) is 4.74 Å². The molecule has 0 radical (unpaired) electrons. The Hall–Kier alpha value is -1.18. The number of nitrogens with two attached hydrogens (primary N) is 2. The monoisotopic (exact) mass is 286 g/mol. The average Bonchev–Trinajstić information content (AvgIpc) is 2.25. The number of hydrogen-bond acceptors (Lipinski definition) is 4. The lowest BCUT2D eigenvalue weighted by Crippen LogP contribution is -2.22. The molecule has 0 aliphatic rings. The van der Waals surface area contributed by atoms with Crippen molar-refractivity contribution in [2.75, 3.05) is 13.7 Å². The second kappa shape index (κ2) is 6.67. The summed E-state index contributed by atoms with van der Waals surface area (Å²) >= 11 is 0. The number of alkyl halides is 3. The predicted octanol–water partition coefficient (Wildman–Crippen LogP) is 1.97. The van der Waals surface area contributed by atoms with Crippen molar-refractivity contribution in [1.82, 2.24) is 0 Å². The summed E-state index contributed by atoms with van der Waals surface area (Å²) in [5.41, 5.74) is 11.4. The highest BCUT2D eigenvalue weighted by molar-refractivity contribution is 5.85. The van der Waals surface area contributed by atoms with Gasteiger partial charge >= 0.3 is 6.36 Å². The summed E-state index contributed by atoms with van der Waals surface area (Å²) in [6, 6.07) is 3.07. The third kappa shape index (κ3) is 4.59. The number of methoxy groups -OCH3 is 1. The van der Waals surface area contributed by atoms with Gasteiger partial charge < -0.3 is 20.9 Å². The topological polar surface area (TPSA) is 70.5 Å². The van der Waals surface area contributed by atoms with E-state index in [-0.39, 0.29) is 24.7 Å². The second-order valence-electron chi connectivity index (χ2n) is 3.29. The minimum absolute atomic E-state index is 0. The highest BCUT2D eigenvalue weighted by atomic mass is 35.5. The van der Waals surface area contributed by atoms with E-state index >= 15 is 0 Å². The van der Waals surface area contributed by atoms with Crippen LogP contribution < -0.4 is 20.9 Å². The van der Waals surface area contributed by atoms with E-state index < -0.39 is 12.4 Å². The largest absolute Gasteiger partial charge is 0.573 e. The average molecular weight is 287 g/mol. The van der Waals surface area contributed by atoms with Crippen LogP contribution in [0.1, 0.15) is 11.6 Å². The van der Waals surface area contributed by atoms with Crippen LogP contribution in [0.25, 0.3) is 0 Å². The van der Waals surface area contributed by atoms with Crippen molar-refractivity contribution in [1.29, 1.82) is 0 Å². The Bertz CT molecular complexity index is 388. The standard InChI is InChI=1S/C10H13F3N2O2.ClH/c1-16-9-3-2-6(17-10(11,12)13)4-7(9)8(15)5-14;/h2-4,8H,5,14-15H2,1H3;1H/t8-;/m1./s1. The summed E-state index contributed by atoms with van der Waals surface area (Å²) < 4.78 is 44.9. The van der Waals surface area contributed by atoms with Gasteiger partial charge in [-0.25, -0.2) is 0 Å². The van der Waals surface area contributed by atoms with Crippen molar-refractivity contribution in [3.05, 3.63) is 23.8 Å².